The highest BCUT2D eigenvalue weighted by atomic mass is 13.9. The molecule has 0 aliphatic carbocycles. The third kappa shape index (κ3) is 1.56. The van der Waals surface area contributed by atoms with Gasteiger partial charge in [0.05, 0.1) is 0 Å². The maximum absolute atomic E-state index is 7.14. The van der Waals surface area contributed by atoms with Crippen LogP contribution in [0.4, 0.5) is 0 Å². The summed E-state index contributed by atoms with van der Waals surface area (Å²) in [7, 11) is 0. The molecular weight excluding hydrogens is 108 g/mol. The van der Waals surface area contributed by atoms with Gasteiger partial charge in [0.15, 0.2) is 0 Å². The van der Waals surface area contributed by atoms with E-state index in [0.717, 1.165) is 5.56 Å². The van der Waals surface area contributed by atoms with Gasteiger partial charge in [0.25, 0.3) is 0 Å². The molecule has 0 saturated heterocycles. The van der Waals surface area contributed by atoms with Crippen molar-refractivity contribution < 1.29 is 1.37 Å². The van der Waals surface area contributed by atoms with Gasteiger partial charge in [0.2, 0.25) is 0 Å². The lowest BCUT2D eigenvalue weighted by Gasteiger charge is -1.96. The van der Waals surface area contributed by atoms with Crippen LogP contribution in [0.15, 0.2) is 18.2 Å². The van der Waals surface area contributed by atoms with Crippen LogP contribution < -0.4 is 0 Å². The van der Waals surface area contributed by atoms with Gasteiger partial charge in [-0.15, -0.1) is 0 Å². The van der Waals surface area contributed by atoms with E-state index >= 15 is 0 Å². The first-order valence-electron chi connectivity index (χ1n) is 3.79. The van der Waals surface area contributed by atoms with Gasteiger partial charge in [0.1, 0.15) is 0 Å². The Labute approximate surface area is 57.9 Å². The molecule has 0 heterocycles. The minimum Gasteiger partial charge on any atom is -0.0564 e. The van der Waals surface area contributed by atoms with Crippen LogP contribution in [0.1, 0.15) is 18.1 Å². The normalized spacial score (nSPS) is 11.1. The fourth-order valence-electron chi connectivity index (χ4n) is 1.07. The SMILES string of the molecule is [2H]Cc1cc(C)cc(C)c1. The Hall–Kier alpha value is -0.780. The second-order valence-electron chi connectivity index (χ2n) is 2.50. The fraction of sp³-hybridized carbons (Fsp3) is 0.333. The predicted octanol–water partition coefficient (Wildman–Crippen LogP) is 2.61. The Morgan fingerprint density at radius 3 is 1.89 bits per heavy atom. The minimum atomic E-state index is 0.391. The van der Waals surface area contributed by atoms with Crippen molar-refractivity contribution >= 4 is 0 Å². The third-order valence-electron chi connectivity index (χ3n) is 1.28. The summed E-state index contributed by atoms with van der Waals surface area (Å²) in [6.07, 6.45) is 0. The summed E-state index contributed by atoms with van der Waals surface area (Å²) in [5.74, 6) is 0. The van der Waals surface area contributed by atoms with Crippen LogP contribution in [0.5, 0.6) is 0 Å². The topological polar surface area (TPSA) is 0 Å². The lowest BCUT2D eigenvalue weighted by atomic mass is 10.1. The molecule has 1 aromatic rings. The van der Waals surface area contributed by atoms with Crippen molar-refractivity contribution in [3.63, 3.8) is 0 Å². The van der Waals surface area contributed by atoms with Crippen LogP contribution in [0.25, 0.3) is 0 Å². The smallest absolute Gasteiger partial charge is 0.0280 e. The van der Waals surface area contributed by atoms with Crippen molar-refractivity contribution in [2.45, 2.75) is 20.7 Å². The highest BCUT2D eigenvalue weighted by Gasteiger charge is 1.87. The molecule has 0 unspecified atom stereocenters. The lowest BCUT2D eigenvalue weighted by Crippen LogP contribution is -1.78. The van der Waals surface area contributed by atoms with Gasteiger partial charge in [-0.1, -0.05) is 34.9 Å². The quantitative estimate of drug-likeness (QED) is 0.495. The van der Waals surface area contributed by atoms with Crippen LogP contribution in [0, 0.1) is 20.7 Å². The minimum absolute atomic E-state index is 0.391. The molecule has 0 N–H and O–H groups in total. The summed E-state index contributed by atoms with van der Waals surface area (Å²) in [6.45, 7) is 4.51. The molecule has 0 saturated carbocycles. The Kier molecular flexibility index (Phi) is 1.24. The van der Waals surface area contributed by atoms with Crippen LogP contribution in [-0.4, -0.2) is 0 Å². The Balaban J connectivity index is 3.06. The van der Waals surface area contributed by atoms with Gasteiger partial charge in [-0.05, 0) is 20.7 Å². The average Bonchev–Trinajstić information content (AvgIpc) is 1.85. The van der Waals surface area contributed by atoms with Gasteiger partial charge in [-0.25, -0.2) is 0 Å². The molecule has 0 aromatic heterocycles. The van der Waals surface area contributed by atoms with Crippen LogP contribution in [-0.2, 0) is 0 Å². The molecule has 0 radical (unpaired) electrons. The van der Waals surface area contributed by atoms with Gasteiger partial charge >= 0.3 is 0 Å². The van der Waals surface area contributed by atoms with E-state index in [1.165, 1.54) is 11.1 Å². The van der Waals surface area contributed by atoms with Crippen molar-refractivity contribution in [1.29, 1.82) is 0 Å². The molecule has 0 aliphatic heterocycles. The summed E-state index contributed by atoms with van der Waals surface area (Å²) in [5, 5.41) is 0. The largest absolute Gasteiger partial charge is 0.0564 e. The second-order valence-corrected chi connectivity index (χ2v) is 2.50. The van der Waals surface area contributed by atoms with Crippen LogP contribution in [0.3, 0.4) is 0 Å². The summed E-state index contributed by atoms with van der Waals surface area (Å²) < 4.78 is 7.14. The summed E-state index contributed by atoms with van der Waals surface area (Å²) in [5.41, 5.74) is 3.61. The number of hydrogen-bond acceptors (Lipinski definition) is 0. The maximum Gasteiger partial charge on any atom is 0.0280 e. The first kappa shape index (κ1) is 5.04. The molecule has 9 heavy (non-hydrogen) atoms. The molecule has 0 atom stereocenters. The molecule has 0 heteroatoms. The molecule has 1 aromatic carbocycles. The van der Waals surface area contributed by atoms with Gasteiger partial charge < -0.3 is 0 Å². The maximum atomic E-state index is 7.14. The van der Waals surface area contributed by atoms with Crippen LogP contribution in [0.2, 0.25) is 0 Å². The second kappa shape index (κ2) is 2.22. The summed E-state index contributed by atoms with van der Waals surface area (Å²) in [4.78, 5) is 0. The van der Waals surface area contributed by atoms with E-state index < -0.39 is 0 Å². The first-order chi connectivity index (χ1) is 4.72. The molecule has 0 amide bonds. The van der Waals surface area contributed by atoms with Crippen molar-refractivity contribution in [3.8, 4) is 0 Å². The molecule has 0 aliphatic rings. The standard InChI is InChI=1S/C9H12/c1-7-4-8(2)6-9(3)5-7/h4-6H,1-3H3/i1D. The van der Waals surface area contributed by atoms with E-state index in [-0.39, 0.29) is 0 Å². The Bertz CT molecular complexity index is 208. The molecule has 0 bridgehead atoms. The Morgan fingerprint density at radius 2 is 1.44 bits per heavy atom. The zero-order valence-electron chi connectivity index (χ0n) is 6.94. The Morgan fingerprint density at radius 1 is 1.00 bits per heavy atom. The van der Waals surface area contributed by atoms with Gasteiger partial charge in [-0.3, -0.25) is 0 Å². The van der Waals surface area contributed by atoms with E-state index in [4.69, 9.17) is 1.37 Å². The first-order valence-corrected chi connectivity index (χ1v) is 3.09. The fourth-order valence-corrected chi connectivity index (χ4v) is 1.07. The molecule has 0 spiro atoms. The van der Waals surface area contributed by atoms with E-state index in [1.807, 2.05) is 0 Å². The third-order valence-corrected chi connectivity index (χ3v) is 1.28. The van der Waals surface area contributed by atoms with Crippen LogP contribution >= 0.6 is 0 Å². The zero-order valence-corrected chi connectivity index (χ0v) is 5.94. The predicted molar refractivity (Wildman–Crippen MR) is 40.7 cm³/mol. The molecule has 0 nitrogen and oxygen atoms in total. The lowest BCUT2D eigenvalue weighted by molar-refractivity contribution is 1.32. The number of rotatable bonds is 0. The van der Waals surface area contributed by atoms with Crippen molar-refractivity contribution in [1.82, 2.24) is 0 Å². The van der Waals surface area contributed by atoms with Crippen molar-refractivity contribution in [2.24, 2.45) is 0 Å². The molecule has 48 valence electrons. The van der Waals surface area contributed by atoms with E-state index in [1.54, 1.807) is 0 Å². The summed E-state index contributed by atoms with van der Waals surface area (Å²) in [6, 6.07) is 6.24. The monoisotopic (exact) mass is 121 g/mol. The molecule has 1 rings (SSSR count). The number of benzene rings is 1. The summed E-state index contributed by atoms with van der Waals surface area (Å²) >= 11 is 0. The number of hydrogen-bond donors (Lipinski definition) is 0. The van der Waals surface area contributed by atoms with Gasteiger partial charge in [-0.2, -0.15) is 0 Å². The zero-order chi connectivity index (χ0) is 7.56. The van der Waals surface area contributed by atoms with Crippen molar-refractivity contribution in [2.75, 3.05) is 0 Å². The van der Waals surface area contributed by atoms with E-state index in [9.17, 15) is 0 Å². The van der Waals surface area contributed by atoms with Gasteiger partial charge in [0, 0.05) is 1.37 Å². The average molecular weight is 121 g/mol. The molecule has 0 fully saturated rings. The van der Waals surface area contributed by atoms with E-state index in [2.05, 4.69) is 32.0 Å². The molecular formula is C9H12. The van der Waals surface area contributed by atoms with Crippen molar-refractivity contribution in [3.05, 3.63) is 34.9 Å². The highest BCUT2D eigenvalue weighted by Crippen LogP contribution is 2.06. The number of aryl methyl sites for hydroxylation is 3. The highest BCUT2D eigenvalue weighted by molar-refractivity contribution is 5.27. The van der Waals surface area contributed by atoms with E-state index in [0.29, 0.717) is 6.90 Å².